The minimum Gasteiger partial charge on any atom is -0.494 e. The van der Waals surface area contributed by atoms with Crippen LogP contribution in [0.2, 0.25) is 0 Å². The van der Waals surface area contributed by atoms with E-state index in [-0.39, 0.29) is 0 Å². The summed E-state index contributed by atoms with van der Waals surface area (Å²) in [7, 11) is 1.64. The van der Waals surface area contributed by atoms with E-state index in [0.29, 0.717) is 11.6 Å². The second-order valence-corrected chi connectivity index (χ2v) is 4.39. The van der Waals surface area contributed by atoms with Gasteiger partial charge in [-0.25, -0.2) is 0 Å². The van der Waals surface area contributed by atoms with E-state index >= 15 is 0 Å². The molecule has 90 valence electrons. The van der Waals surface area contributed by atoms with E-state index in [9.17, 15) is 0 Å². The fourth-order valence-electron chi connectivity index (χ4n) is 2.00. The minimum atomic E-state index is 0.379. The Bertz CT molecular complexity index is 373. The minimum absolute atomic E-state index is 0.379. The van der Waals surface area contributed by atoms with Crippen molar-refractivity contribution in [3.05, 3.63) is 17.2 Å². The van der Waals surface area contributed by atoms with E-state index in [0.717, 1.165) is 35.4 Å². The van der Waals surface area contributed by atoms with Crippen molar-refractivity contribution in [1.82, 2.24) is 0 Å². The molecule has 0 saturated carbocycles. The number of hydrogen-bond acceptors (Lipinski definition) is 3. The molecule has 0 aliphatic heterocycles. The van der Waals surface area contributed by atoms with Crippen LogP contribution in [0.4, 0.5) is 11.4 Å². The quantitative estimate of drug-likeness (QED) is 0.770. The molecule has 0 aliphatic carbocycles. The number of methoxy groups -OCH3 is 1. The van der Waals surface area contributed by atoms with E-state index in [1.807, 2.05) is 6.07 Å². The molecule has 0 atom stereocenters. The number of hydrogen-bond donors (Lipinski definition) is 2. The van der Waals surface area contributed by atoms with Crippen LogP contribution in [0.3, 0.4) is 0 Å². The predicted octanol–water partition coefficient (Wildman–Crippen LogP) is 2.94. The van der Waals surface area contributed by atoms with Crippen LogP contribution in [0, 0.1) is 0 Å². The monoisotopic (exact) mass is 222 g/mol. The van der Waals surface area contributed by atoms with Crippen molar-refractivity contribution in [2.24, 2.45) is 0 Å². The van der Waals surface area contributed by atoms with Gasteiger partial charge in [-0.15, -0.1) is 0 Å². The number of nitrogen functional groups attached to an aromatic ring is 2. The van der Waals surface area contributed by atoms with E-state index in [4.69, 9.17) is 16.2 Å². The van der Waals surface area contributed by atoms with Gasteiger partial charge in [0.1, 0.15) is 5.75 Å². The van der Waals surface area contributed by atoms with Gasteiger partial charge in [0.15, 0.2) is 0 Å². The van der Waals surface area contributed by atoms with Crippen molar-refractivity contribution in [3.63, 3.8) is 0 Å². The zero-order valence-electron chi connectivity index (χ0n) is 10.6. The molecule has 1 aromatic carbocycles. The summed E-state index contributed by atoms with van der Waals surface area (Å²) in [5, 5.41) is 0. The maximum atomic E-state index is 6.18. The molecule has 0 bridgehead atoms. The third kappa shape index (κ3) is 2.23. The summed E-state index contributed by atoms with van der Waals surface area (Å²) in [6.45, 7) is 6.36. The molecule has 3 heteroatoms. The lowest BCUT2D eigenvalue weighted by Crippen LogP contribution is -2.07. The first-order valence-corrected chi connectivity index (χ1v) is 5.77. The predicted molar refractivity (Wildman–Crippen MR) is 69.9 cm³/mol. The summed E-state index contributed by atoms with van der Waals surface area (Å²) in [4.78, 5) is 0. The van der Waals surface area contributed by atoms with Gasteiger partial charge in [-0.05, 0) is 24.0 Å². The number of benzene rings is 1. The van der Waals surface area contributed by atoms with E-state index < -0.39 is 0 Å². The summed E-state index contributed by atoms with van der Waals surface area (Å²) in [6.07, 6.45) is 1.93. The molecular formula is C13H22N2O. The molecule has 0 heterocycles. The smallest absolute Gasteiger partial charge is 0.146 e. The molecule has 0 fully saturated rings. The molecule has 1 rings (SSSR count). The van der Waals surface area contributed by atoms with Gasteiger partial charge in [-0.1, -0.05) is 27.2 Å². The Morgan fingerprint density at radius 2 is 1.94 bits per heavy atom. The average Bonchev–Trinajstić information content (AvgIpc) is 2.23. The van der Waals surface area contributed by atoms with Crippen LogP contribution in [-0.2, 0) is 6.42 Å². The first-order valence-electron chi connectivity index (χ1n) is 5.77. The second-order valence-electron chi connectivity index (χ2n) is 4.39. The van der Waals surface area contributed by atoms with Crippen LogP contribution in [0.1, 0.15) is 44.2 Å². The van der Waals surface area contributed by atoms with Gasteiger partial charge in [-0.2, -0.15) is 0 Å². The fraction of sp³-hybridized carbons (Fsp3) is 0.538. The third-order valence-corrected chi connectivity index (χ3v) is 2.81. The van der Waals surface area contributed by atoms with Crippen LogP contribution >= 0.6 is 0 Å². The number of rotatable bonds is 4. The molecule has 3 nitrogen and oxygen atoms in total. The Morgan fingerprint density at radius 1 is 1.31 bits per heavy atom. The molecule has 0 radical (unpaired) electrons. The number of ether oxygens (including phenoxy) is 1. The van der Waals surface area contributed by atoms with E-state index in [2.05, 4.69) is 20.8 Å². The topological polar surface area (TPSA) is 61.3 Å². The summed E-state index contributed by atoms with van der Waals surface area (Å²) in [5.41, 5.74) is 15.9. The molecule has 0 aromatic heterocycles. The highest BCUT2D eigenvalue weighted by Gasteiger charge is 2.16. The molecule has 4 N–H and O–H groups in total. The van der Waals surface area contributed by atoms with Gasteiger partial charge in [0.25, 0.3) is 0 Å². The summed E-state index contributed by atoms with van der Waals surface area (Å²) >= 11 is 0. The standard InChI is InChI=1S/C13H22N2O/c1-5-6-9-12(15)10(8(2)3)7-11(14)13(9)16-4/h7-8H,5-6,14-15H2,1-4H3. The first-order chi connectivity index (χ1) is 7.52. The Labute approximate surface area is 97.8 Å². The van der Waals surface area contributed by atoms with Crippen LogP contribution in [0.25, 0.3) is 0 Å². The lowest BCUT2D eigenvalue weighted by molar-refractivity contribution is 0.412. The Morgan fingerprint density at radius 3 is 2.38 bits per heavy atom. The summed E-state index contributed by atoms with van der Waals surface area (Å²) < 4.78 is 5.34. The summed E-state index contributed by atoms with van der Waals surface area (Å²) in [5.74, 6) is 1.12. The lowest BCUT2D eigenvalue weighted by atomic mass is 9.94. The highest BCUT2D eigenvalue weighted by Crippen LogP contribution is 2.37. The average molecular weight is 222 g/mol. The molecular weight excluding hydrogens is 200 g/mol. The number of nitrogens with two attached hydrogens (primary N) is 2. The summed E-state index contributed by atoms with van der Waals surface area (Å²) in [6, 6.07) is 1.93. The van der Waals surface area contributed by atoms with Gasteiger partial charge in [-0.3, -0.25) is 0 Å². The van der Waals surface area contributed by atoms with Crippen molar-refractivity contribution in [1.29, 1.82) is 0 Å². The lowest BCUT2D eigenvalue weighted by Gasteiger charge is -2.19. The van der Waals surface area contributed by atoms with Gasteiger partial charge < -0.3 is 16.2 Å². The normalized spacial score (nSPS) is 10.8. The van der Waals surface area contributed by atoms with Crippen LogP contribution in [-0.4, -0.2) is 7.11 Å². The second kappa shape index (κ2) is 5.10. The van der Waals surface area contributed by atoms with Crippen LogP contribution in [0.5, 0.6) is 5.75 Å². The molecule has 0 saturated heterocycles. The Hall–Kier alpha value is -1.38. The Balaban J connectivity index is 3.39. The number of anilines is 2. The first kappa shape index (κ1) is 12.7. The Kier molecular flexibility index (Phi) is 4.05. The van der Waals surface area contributed by atoms with Gasteiger partial charge in [0.2, 0.25) is 0 Å². The highest BCUT2D eigenvalue weighted by atomic mass is 16.5. The fourth-order valence-corrected chi connectivity index (χ4v) is 2.00. The molecule has 0 amide bonds. The van der Waals surface area contributed by atoms with Crippen molar-refractivity contribution in [3.8, 4) is 5.75 Å². The molecule has 1 aromatic rings. The van der Waals surface area contributed by atoms with Crippen molar-refractivity contribution in [2.45, 2.75) is 39.5 Å². The van der Waals surface area contributed by atoms with Gasteiger partial charge in [0.05, 0.1) is 12.8 Å². The third-order valence-electron chi connectivity index (χ3n) is 2.81. The van der Waals surface area contributed by atoms with Crippen LogP contribution in [0.15, 0.2) is 6.07 Å². The van der Waals surface area contributed by atoms with Gasteiger partial charge >= 0.3 is 0 Å². The molecule has 0 spiro atoms. The molecule has 0 aliphatic rings. The molecule has 16 heavy (non-hydrogen) atoms. The van der Waals surface area contributed by atoms with Crippen molar-refractivity contribution in [2.75, 3.05) is 18.6 Å². The van der Waals surface area contributed by atoms with Crippen molar-refractivity contribution >= 4 is 11.4 Å². The van der Waals surface area contributed by atoms with E-state index in [1.165, 1.54) is 0 Å². The maximum absolute atomic E-state index is 6.18. The highest BCUT2D eigenvalue weighted by molar-refractivity contribution is 5.71. The van der Waals surface area contributed by atoms with Crippen LogP contribution < -0.4 is 16.2 Å². The van der Waals surface area contributed by atoms with Gasteiger partial charge in [0, 0.05) is 11.3 Å². The SMILES string of the molecule is CCCc1c(N)c(C(C)C)cc(N)c1OC. The zero-order valence-corrected chi connectivity index (χ0v) is 10.6. The maximum Gasteiger partial charge on any atom is 0.146 e. The van der Waals surface area contributed by atoms with Crippen molar-refractivity contribution < 1.29 is 4.74 Å². The zero-order chi connectivity index (χ0) is 12.3. The largest absolute Gasteiger partial charge is 0.494 e. The molecule has 0 unspecified atom stereocenters. The van der Waals surface area contributed by atoms with E-state index in [1.54, 1.807) is 7.11 Å².